The van der Waals surface area contributed by atoms with Crippen molar-refractivity contribution in [2.75, 3.05) is 40.9 Å². The van der Waals surface area contributed by atoms with Crippen molar-refractivity contribution < 1.29 is 32.9 Å². The van der Waals surface area contributed by atoms with Crippen molar-refractivity contribution in [3.63, 3.8) is 0 Å². The fraction of sp³-hybridized carbons (Fsp3) is 0.806. The Morgan fingerprint density at radius 3 is 1.78 bits per heavy atom. The van der Waals surface area contributed by atoms with Gasteiger partial charge in [-0.1, -0.05) is 127 Å². The zero-order valence-corrected chi connectivity index (χ0v) is 30.5. The zero-order chi connectivity index (χ0) is 33.7. The first kappa shape index (κ1) is 43.7. The third-order valence-corrected chi connectivity index (χ3v) is 8.56. The van der Waals surface area contributed by atoms with Crippen LogP contribution in [0, 0.1) is 0 Å². The minimum atomic E-state index is -4.58. The van der Waals surface area contributed by atoms with Crippen LogP contribution >= 0.6 is 7.82 Å². The Labute approximate surface area is 276 Å². The van der Waals surface area contributed by atoms with E-state index in [0.29, 0.717) is 17.4 Å². The molecule has 0 radical (unpaired) electrons. The van der Waals surface area contributed by atoms with Gasteiger partial charge in [-0.25, -0.2) is 0 Å². The lowest BCUT2D eigenvalue weighted by molar-refractivity contribution is -0.870. The van der Waals surface area contributed by atoms with Gasteiger partial charge in [-0.15, -0.1) is 0 Å². The summed E-state index contributed by atoms with van der Waals surface area (Å²) in [5.41, 5.74) is 0. The highest BCUT2D eigenvalue weighted by molar-refractivity contribution is 7.45. The molecule has 0 aromatic heterocycles. The number of phosphoric acid groups is 1. The fourth-order valence-corrected chi connectivity index (χ4v) is 5.44. The van der Waals surface area contributed by atoms with Crippen LogP contribution in [0.15, 0.2) is 36.5 Å². The molecule has 3 atom stereocenters. The molecule has 0 aliphatic heterocycles. The number of hydrogen-bond acceptors (Lipinski definition) is 6. The molecule has 0 spiro atoms. The monoisotopic (exact) mass is 656 g/mol. The van der Waals surface area contributed by atoms with E-state index in [9.17, 15) is 19.4 Å². The third kappa shape index (κ3) is 31.1. The Morgan fingerprint density at radius 1 is 0.778 bits per heavy atom. The van der Waals surface area contributed by atoms with Gasteiger partial charge in [0.05, 0.1) is 39.9 Å². The molecule has 0 aromatic carbocycles. The van der Waals surface area contributed by atoms with E-state index >= 15 is 0 Å². The molecule has 0 fully saturated rings. The molecule has 3 unspecified atom stereocenters. The second-order valence-electron chi connectivity index (χ2n) is 13.2. The predicted molar refractivity (Wildman–Crippen MR) is 187 cm³/mol. The highest BCUT2D eigenvalue weighted by Crippen LogP contribution is 2.38. The molecule has 1 amide bonds. The van der Waals surface area contributed by atoms with Crippen molar-refractivity contribution in [3.05, 3.63) is 36.5 Å². The summed E-state index contributed by atoms with van der Waals surface area (Å²) in [6.07, 6.45) is 32.0. The summed E-state index contributed by atoms with van der Waals surface area (Å²) in [7, 11) is 1.23. The van der Waals surface area contributed by atoms with Gasteiger partial charge in [0.1, 0.15) is 13.2 Å². The number of allylic oxidation sites excluding steroid dienone is 5. The van der Waals surface area contributed by atoms with Crippen LogP contribution < -0.4 is 10.2 Å². The van der Waals surface area contributed by atoms with E-state index in [2.05, 4.69) is 43.5 Å². The molecular weight excluding hydrogens is 587 g/mol. The Morgan fingerprint density at radius 2 is 1.27 bits per heavy atom. The number of nitrogens with zero attached hydrogens (tertiary/aromatic N) is 1. The lowest BCUT2D eigenvalue weighted by Crippen LogP contribution is -2.45. The molecule has 0 rings (SSSR count). The largest absolute Gasteiger partial charge is 0.756 e. The minimum Gasteiger partial charge on any atom is -0.756 e. The number of phosphoric ester groups is 1. The maximum absolute atomic E-state index is 12.7. The van der Waals surface area contributed by atoms with Crippen LogP contribution in [0.25, 0.3) is 0 Å². The topological polar surface area (TPSA) is 108 Å². The zero-order valence-electron chi connectivity index (χ0n) is 29.6. The van der Waals surface area contributed by atoms with Crippen molar-refractivity contribution in [2.45, 2.75) is 148 Å². The van der Waals surface area contributed by atoms with E-state index in [1.165, 1.54) is 64.2 Å². The normalized spacial score (nSPS) is 15.3. The van der Waals surface area contributed by atoms with Gasteiger partial charge in [-0.3, -0.25) is 9.36 Å². The van der Waals surface area contributed by atoms with Gasteiger partial charge in [0.2, 0.25) is 5.91 Å². The van der Waals surface area contributed by atoms with Crippen LogP contribution in [0.2, 0.25) is 0 Å². The average molecular weight is 657 g/mol. The summed E-state index contributed by atoms with van der Waals surface area (Å²) in [6.45, 7) is 4.46. The Kier molecular flexibility index (Phi) is 28.1. The Balaban J connectivity index is 4.60. The van der Waals surface area contributed by atoms with Crippen molar-refractivity contribution >= 4 is 13.7 Å². The van der Waals surface area contributed by atoms with Gasteiger partial charge in [-0.2, -0.15) is 0 Å². The molecule has 0 aliphatic carbocycles. The first-order chi connectivity index (χ1) is 21.5. The Bertz CT molecular complexity index is 840. The number of rotatable bonds is 31. The number of likely N-dealkylation sites (N-methyl/N-ethyl adjacent to an activating group) is 1. The van der Waals surface area contributed by atoms with Gasteiger partial charge in [0.25, 0.3) is 7.82 Å². The van der Waals surface area contributed by atoms with E-state index in [4.69, 9.17) is 9.05 Å². The number of carbonyl (C=O) groups is 1. The van der Waals surface area contributed by atoms with Crippen molar-refractivity contribution in [2.24, 2.45) is 0 Å². The lowest BCUT2D eigenvalue weighted by Gasteiger charge is -2.29. The number of amides is 1. The number of aliphatic hydroxyl groups is 1. The van der Waals surface area contributed by atoms with E-state index in [0.717, 1.165) is 51.4 Å². The van der Waals surface area contributed by atoms with Gasteiger partial charge in [0, 0.05) is 6.42 Å². The van der Waals surface area contributed by atoms with Gasteiger partial charge in [0.15, 0.2) is 0 Å². The van der Waals surface area contributed by atoms with Crippen LogP contribution in [0.3, 0.4) is 0 Å². The SMILES string of the molecule is CC/C=C/CC/C=C/CC/C=C/C(O)C(COP(=O)([O-])OCC[N+](C)(C)C)NC(=O)CCCCCCCCCCCCCCC. The van der Waals surface area contributed by atoms with E-state index in [1.54, 1.807) is 6.08 Å². The highest BCUT2D eigenvalue weighted by Gasteiger charge is 2.23. The fourth-order valence-electron chi connectivity index (χ4n) is 4.72. The quantitative estimate of drug-likeness (QED) is 0.0337. The first-order valence-corrected chi connectivity index (χ1v) is 19.3. The summed E-state index contributed by atoms with van der Waals surface area (Å²) in [4.78, 5) is 25.0. The van der Waals surface area contributed by atoms with Gasteiger partial charge in [-0.05, 0) is 38.5 Å². The Hall–Kier alpha value is -1.28. The molecule has 0 bridgehead atoms. The van der Waals surface area contributed by atoms with Crippen LogP contribution in [0.4, 0.5) is 0 Å². The highest BCUT2D eigenvalue weighted by atomic mass is 31.2. The third-order valence-electron chi connectivity index (χ3n) is 7.59. The van der Waals surface area contributed by atoms with Crippen LogP contribution in [-0.2, 0) is 18.4 Å². The van der Waals surface area contributed by atoms with Crippen molar-refractivity contribution in [1.29, 1.82) is 0 Å². The average Bonchev–Trinajstić information content (AvgIpc) is 2.97. The molecule has 2 N–H and O–H groups in total. The summed E-state index contributed by atoms with van der Waals surface area (Å²) in [6, 6.07) is -0.902. The van der Waals surface area contributed by atoms with E-state index < -0.39 is 26.6 Å². The van der Waals surface area contributed by atoms with E-state index in [1.807, 2.05) is 27.2 Å². The number of aliphatic hydroxyl groups excluding tert-OH is 1. The number of quaternary nitrogens is 1. The first-order valence-electron chi connectivity index (χ1n) is 17.9. The molecular formula is C36H69N2O6P. The maximum Gasteiger partial charge on any atom is 0.268 e. The molecule has 0 aromatic rings. The molecule has 8 nitrogen and oxygen atoms in total. The molecule has 0 heterocycles. The molecule has 0 saturated carbocycles. The number of hydrogen-bond donors (Lipinski definition) is 2. The summed E-state index contributed by atoms with van der Waals surface area (Å²) in [5, 5.41) is 13.6. The van der Waals surface area contributed by atoms with Gasteiger partial charge < -0.3 is 28.8 Å². The van der Waals surface area contributed by atoms with Crippen molar-refractivity contribution in [1.82, 2.24) is 5.32 Å². The molecule has 264 valence electrons. The van der Waals surface area contributed by atoms with Crippen LogP contribution in [0.5, 0.6) is 0 Å². The molecule has 45 heavy (non-hydrogen) atoms. The molecule has 9 heteroatoms. The maximum atomic E-state index is 12.7. The predicted octanol–water partition coefficient (Wildman–Crippen LogP) is 8.16. The number of nitrogens with one attached hydrogen (secondary N) is 1. The van der Waals surface area contributed by atoms with E-state index in [-0.39, 0.29) is 12.5 Å². The standard InChI is InChI=1S/C36H69N2O6P/c1-6-8-10-12-14-16-18-19-20-22-24-26-28-30-36(40)37-34(33-44-45(41,42)43-32-31-38(3,4)5)35(39)29-27-25-23-21-17-15-13-11-9-7-2/h9,11,17,21,27,29,34-35,39H,6-8,10,12-16,18-20,22-26,28,30-33H2,1-5H3,(H-,37,40,41,42)/b11-9+,21-17+,29-27+. The van der Waals surface area contributed by atoms with Crippen LogP contribution in [-0.4, -0.2) is 68.5 Å². The smallest absolute Gasteiger partial charge is 0.268 e. The van der Waals surface area contributed by atoms with Crippen molar-refractivity contribution in [3.8, 4) is 0 Å². The molecule has 0 aliphatic rings. The number of carbonyl (C=O) groups excluding carboxylic acids is 1. The van der Waals surface area contributed by atoms with Crippen LogP contribution in [0.1, 0.15) is 136 Å². The molecule has 0 saturated heterocycles. The summed E-state index contributed by atoms with van der Waals surface area (Å²) in [5.74, 6) is -0.217. The summed E-state index contributed by atoms with van der Waals surface area (Å²) >= 11 is 0. The second-order valence-corrected chi connectivity index (χ2v) is 14.6. The lowest BCUT2D eigenvalue weighted by atomic mass is 10.0. The van der Waals surface area contributed by atoms with Gasteiger partial charge >= 0.3 is 0 Å². The minimum absolute atomic E-state index is 0.00871. The summed E-state index contributed by atoms with van der Waals surface area (Å²) < 4.78 is 23.0. The second kappa shape index (κ2) is 28.9. The number of unbranched alkanes of at least 4 members (excludes halogenated alkanes) is 14.